The summed E-state index contributed by atoms with van der Waals surface area (Å²) in [4.78, 5) is 31.3. The van der Waals surface area contributed by atoms with Gasteiger partial charge in [-0.1, -0.05) is 22.9 Å². The summed E-state index contributed by atoms with van der Waals surface area (Å²) >= 11 is 7.73. The summed E-state index contributed by atoms with van der Waals surface area (Å²) in [5.41, 5.74) is 11.8. The molecule has 2 saturated heterocycles. The number of likely N-dealkylation sites (N-methyl/N-ethyl adjacent to an activating group) is 1. The molecule has 1 unspecified atom stereocenters. The summed E-state index contributed by atoms with van der Waals surface area (Å²) in [7, 11) is 2.02. The smallest absolute Gasteiger partial charge is 0.319 e. The summed E-state index contributed by atoms with van der Waals surface area (Å²) in [6.07, 6.45) is 2.15. The van der Waals surface area contributed by atoms with Gasteiger partial charge in [-0.3, -0.25) is 4.79 Å². The number of nitrogens with two attached hydrogens (primary N) is 2. The van der Waals surface area contributed by atoms with E-state index >= 15 is 4.39 Å². The van der Waals surface area contributed by atoms with E-state index in [1.54, 1.807) is 11.0 Å². The summed E-state index contributed by atoms with van der Waals surface area (Å²) < 4.78 is 37.6. The topological polar surface area (TPSA) is 151 Å². The van der Waals surface area contributed by atoms with Crippen LogP contribution in [0, 0.1) is 23.0 Å². The molecule has 2 aromatic carbocycles. The van der Waals surface area contributed by atoms with Crippen molar-refractivity contribution in [3.8, 4) is 23.2 Å². The van der Waals surface area contributed by atoms with Gasteiger partial charge in [0.1, 0.15) is 23.8 Å². The van der Waals surface area contributed by atoms with Gasteiger partial charge < -0.3 is 30.9 Å². The van der Waals surface area contributed by atoms with Crippen molar-refractivity contribution < 1.29 is 18.3 Å². The quantitative estimate of drug-likeness (QED) is 0.276. The van der Waals surface area contributed by atoms with Crippen LogP contribution in [0.2, 0.25) is 5.02 Å². The Morgan fingerprint density at radius 2 is 2.07 bits per heavy atom. The first-order valence-corrected chi connectivity index (χ1v) is 15.4. The van der Waals surface area contributed by atoms with Crippen molar-refractivity contribution >= 4 is 60.9 Å². The molecule has 230 valence electrons. The number of likely N-dealkylation sites (tertiary alicyclic amines) is 2. The number of nitriles is 1. The van der Waals surface area contributed by atoms with Crippen LogP contribution in [0.15, 0.2) is 18.2 Å². The van der Waals surface area contributed by atoms with Crippen molar-refractivity contribution in [2.24, 2.45) is 5.73 Å². The highest BCUT2D eigenvalue weighted by molar-refractivity contribution is 7.22. The maximum absolute atomic E-state index is 16.7. The van der Waals surface area contributed by atoms with Crippen molar-refractivity contribution in [3.05, 3.63) is 34.9 Å². The molecule has 2 fully saturated rings. The Morgan fingerprint density at radius 1 is 1.27 bits per heavy atom. The molecule has 15 heteroatoms. The zero-order chi connectivity index (χ0) is 31.1. The second-order valence-electron chi connectivity index (χ2n) is 10.9. The minimum atomic E-state index is -0.757. The summed E-state index contributed by atoms with van der Waals surface area (Å²) in [6, 6.07) is 6.27. The second-order valence-corrected chi connectivity index (χ2v) is 12.4. The Hall–Kier alpha value is -3.90. The average Bonchev–Trinajstić information content (AvgIpc) is 3.59. The molecule has 2 aliphatic rings. The Labute approximate surface area is 261 Å². The third-order valence-electron chi connectivity index (χ3n) is 8.27. The normalized spacial score (nSPS) is 17.3. The van der Waals surface area contributed by atoms with Crippen molar-refractivity contribution in [2.45, 2.75) is 31.3 Å². The van der Waals surface area contributed by atoms with E-state index in [0.29, 0.717) is 30.9 Å². The molecule has 11 nitrogen and oxygen atoms in total. The van der Waals surface area contributed by atoms with E-state index in [9.17, 15) is 14.4 Å². The van der Waals surface area contributed by atoms with Gasteiger partial charge in [0.25, 0.3) is 0 Å². The van der Waals surface area contributed by atoms with E-state index in [4.69, 9.17) is 32.8 Å². The first-order valence-electron chi connectivity index (χ1n) is 14.2. The number of fused-ring (bicyclic) bond motifs is 2. The molecule has 44 heavy (non-hydrogen) atoms. The lowest BCUT2D eigenvalue weighted by Crippen LogP contribution is -2.62. The first-order chi connectivity index (χ1) is 21.2. The number of rotatable bonds is 9. The van der Waals surface area contributed by atoms with Gasteiger partial charge in [0.05, 0.1) is 40.3 Å². The minimum Gasteiger partial charge on any atom is -0.462 e. The predicted octanol–water partition coefficient (Wildman–Crippen LogP) is 3.78. The van der Waals surface area contributed by atoms with Crippen molar-refractivity contribution in [1.82, 2.24) is 24.8 Å². The van der Waals surface area contributed by atoms with Crippen LogP contribution in [-0.2, 0) is 4.79 Å². The number of nitrogens with zero attached hydrogens (tertiary/aromatic N) is 7. The van der Waals surface area contributed by atoms with Gasteiger partial charge in [0.2, 0.25) is 5.91 Å². The molecule has 0 saturated carbocycles. The molecule has 0 radical (unpaired) electrons. The number of carbonyl (C=O) groups excluding carboxylic acids is 1. The van der Waals surface area contributed by atoms with Crippen LogP contribution in [0.4, 0.5) is 19.7 Å². The molecule has 1 atom stereocenters. The highest BCUT2D eigenvalue weighted by Gasteiger charge is 2.36. The Kier molecular flexibility index (Phi) is 8.38. The summed E-state index contributed by atoms with van der Waals surface area (Å²) in [5.74, 6) is -1.14. The van der Waals surface area contributed by atoms with Gasteiger partial charge in [0.15, 0.2) is 10.9 Å². The molecule has 0 aliphatic carbocycles. The van der Waals surface area contributed by atoms with Crippen LogP contribution in [0.25, 0.3) is 32.2 Å². The predicted molar refractivity (Wildman–Crippen MR) is 166 cm³/mol. The molecular weight excluding hydrogens is 612 g/mol. The Bertz CT molecular complexity index is 1790. The lowest BCUT2D eigenvalue weighted by atomic mass is 10.0. The molecule has 2 aliphatic heterocycles. The van der Waals surface area contributed by atoms with Gasteiger partial charge in [-0.15, -0.1) is 0 Å². The molecule has 0 bridgehead atoms. The summed E-state index contributed by atoms with van der Waals surface area (Å²) in [6.45, 7) is 2.14. The number of halogens is 3. The Balaban J connectivity index is 1.50. The largest absolute Gasteiger partial charge is 0.462 e. The van der Waals surface area contributed by atoms with Crippen LogP contribution >= 0.6 is 22.9 Å². The highest BCUT2D eigenvalue weighted by atomic mass is 35.5. The van der Waals surface area contributed by atoms with Crippen molar-refractivity contribution in [1.29, 1.82) is 5.26 Å². The number of hydrogen-bond acceptors (Lipinski definition) is 11. The van der Waals surface area contributed by atoms with Crippen LogP contribution in [0.3, 0.4) is 0 Å². The zero-order valence-electron chi connectivity index (χ0n) is 23.9. The standard InChI is InChI=1S/C29H30ClF2N9O2S/c1-39-8-2-4-15(39)14-43-29-37-24-18(27(38-29)41(9-3-7-33)16-12-40(13-16)21(42)11-34)10-19(30)22(23(24)32)17-5-6-20(31)26-25(17)36-28(35)44-26/h5-6,10,15-16H,2-4,8-9,11-14,34H2,1H3,(H2,35,36). The van der Waals surface area contributed by atoms with Gasteiger partial charge in [0, 0.05) is 42.2 Å². The fraction of sp³-hybridized carbons (Fsp3) is 0.414. The van der Waals surface area contributed by atoms with E-state index in [2.05, 4.69) is 20.9 Å². The molecule has 4 N–H and O–H groups in total. The van der Waals surface area contributed by atoms with Crippen molar-refractivity contribution in [2.75, 3.05) is 57.0 Å². The molecule has 1 amide bonds. The number of nitrogen functional groups attached to an aromatic ring is 1. The van der Waals surface area contributed by atoms with Crippen LogP contribution < -0.4 is 21.1 Å². The first kappa shape index (κ1) is 30.1. The number of carbonyl (C=O) groups is 1. The number of amides is 1. The van der Waals surface area contributed by atoms with Crippen LogP contribution in [-0.4, -0.2) is 89.1 Å². The van der Waals surface area contributed by atoms with Gasteiger partial charge >= 0.3 is 6.01 Å². The van der Waals surface area contributed by atoms with E-state index in [0.717, 1.165) is 30.7 Å². The van der Waals surface area contributed by atoms with E-state index in [-0.39, 0.29) is 80.5 Å². The highest BCUT2D eigenvalue weighted by Crippen LogP contribution is 2.43. The van der Waals surface area contributed by atoms with Crippen LogP contribution in [0.5, 0.6) is 6.01 Å². The SMILES string of the molecule is CN1CCCC1COc1nc(N(CCC#N)C2CN(C(=O)CN)C2)c2cc(Cl)c(-c3ccc(F)c4sc(N)nc34)c(F)c2n1. The Morgan fingerprint density at radius 3 is 2.77 bits per heavy atom. The zero-order valence-corrected chi connectivity index (χ0v) is 25.5. The van der Waals surface area contributed by atoms with E-state index in [1.165, 1.54) is 12.1 Å². The second kappa shape index (κ2) is 12.2. The number of ether oxygens (including phenoxy) is 1. The minimum absolute atomic E-state index is 0.00692. The lowest BCUT2D eigenvalue weighted by molar-refractivity contribution is -0.133. The van der Waals surface area contributed by atoms with Gasteiger partial charge in [-0.25, -0.2) is 13.8 Å². The van der Waals surface area contributed by atoms with Gasteiger partial charge in [-0.05, 0) is 44.6 Å². The number of aromatic nitrogens is 3. The molecule has 6 rings (SSSR count). The summed E-state index contributed by atoms with van der Waals surface area (Å²) in [5, 5.41) is 9.90. The average molecular weight is 642 g/mol. The molecule has 2 aromatic heterocycles. The third-order valence-corrected chi connectivity index (χ3v) is 9.46. The third kappa shape index (κ3) is 5.45. The number of hydrogen-bond donors (Lipinski definition) is 2. The maximum Gasteiger partial charge on any atom is 0.319 e. The number of thiazole rings is 1. The fourth-order valence-corrected chi connectivity index (χ4v) is 6.92. The van der Waals surface area contributed by atoms with Crippen LogP contribution in [0.1, 0.15) is 19.3 Å². The molecular formula is C29H30ClF2N9O2S. The van der Waals surface area contributed by atoms with Crippen molar-refractivity contribution in [3.63, 3.8) is 0 Å². The van der Waals surface area contributed by atoms with Gasteiger partial charge in [-0.2, -0.15) is 15.2 Å². The molecule has 0 spiro atoms. The van der Waals surface area contributed by atoms with E-state index < -0.39 is 11.6 Å². The fourth-order valence-electron chi connectivity index (χ4n) is 5.86. The monoisotopic (exact) mass is 641 g/mol. The molecule has 4 heterocycles. The number of benzene rings is 2. The number of anilines is 2. The lowest BCUT2D eigenvalue weighted by Gasteiger charge is -2.45. The maximum atomic E-state index is 16.7. The molecule has 4 aromatic rings. The van der Waals surface area contributed by atoms with E-state index in [1.807, 2.05) is 11.9 Å².